The number of hydrogen-bond acceptors (Lipinski definition) is 4. The lowest BCUT2D eigenvalue weighted by Gasteiger charge is -2.23. The molecule has 5 heteroatoms. The number of hydrogen-bond donors (Lipinski definition) is 4. The molecule has 0 spiro atoms. The predicted molar refractivity (Wildman–Crippen MR) is 73.6 cm³/mol. The normalized spacial score (nSPS) is 13.8. The molecular weight excluding hydrogens is 230 g/mol. The molecule has 0 heterocycles. The molecule has 100 valence electrons. The third kappa shape index (κ3) is 3.63. The number of carbonyl (C=O) groups is 1. The molecule has 1 unspecified atom stereocenters. The van der Waals surface area contributed by atoms with Crippen LogP contribution in [-0.4, -0.2) is 30.2 Å². The van der Waals surface area contributed by atoms with E-state index in [1.807, 2.05) is 6.92 Å². The summed E-state index contributed by atoms with van der Waals surface area (Å²) in [6, 6.07) is 5.03. The van der Waals surface area contributed by atoms with Crippen molar-refractivity contribution < 1.29 is 9.90 Å². The number of benzene rings is 1. The molecule has 1 atom stereocenters. The lowest BCUT2D eigenvalue weighted by molar-refractivity contribution is 0.0696. The molecule has 0 bridgehead atoms. The van der Waals surface area contributed by atoms with Gasteiger partial charge in [0, 0.05) is 25.0 Å². The fraction of sp³-hybridized carbons (Fsp3) is 0.462. The lowest BCUT2D eigenvalue weighted by Crippen LogP contribution is -2.33. The van der Waals surface area contributed by atoms with Crippen LogP contribution in [0.3, 0.4) is 0 Å². The zero-order valence-electron chi connectivity index (χ0n) is 11.1. The molecule has 0 aliphatic heterocycles. The molecule has 1 amide bonds. The van der Waals surface area contributed by atoms with E-state index in [-0.39, 0.29) is 5.91 Å². The zero-order chi connectivity index (χ0) is 13.8. The van der Waals surface area contributed by atoms with Gasteiger partial charge in [0.05, 0.1) is 11.2 Å². The number of nitrogens with one attached hydrogen (secondary N) is 2. The first-order valence-corrected chi connectivity index (χ1v) is 5.97. The van der Waals surface area contributed by atoms with Crippen LogP contribution in [0.1, 0.15) is 30.6 Å². The van der Waals surface area contributed by atoms with Gasteiger partial charge < -0.3 is 21.5 Å². The van der Waals surface area contributed by atoms with E-state index >= 15 is 0 Å². The highest BCUT2D eigenvalue weighted by atomic mass is 16.3. The van der Waals surface area contributed by atoms with E-state index in [1.165, 1.54) is 0 Å². The Bertz CT molecular complexity index is 430. The first-order valence-electron chi connectivity index (χ1n) is 5.97. The second kappa shape index (κ2) is 5.73. The summed E-state index contributed by atoms with van der Waals surface area (Å²) in [5.41, 5.74) is 6.60. The highest BCUT2D eigenvalue weighted by Crippen LogP contribution is 2.20. The Kier molecular flexibility index (Phi) is 4.55. The molecule has 5 N–H and O–H groups in total. The monoisotopic (exact) mass is 251 g/mol. The van der Waals surface area contributed by atoms with E-state index in [0.717, 1.165) is 0 Å². The average Bonchev–Trinajstić information content (AvgIpc) is 2.36. The summed E-state index contributed by atoms with van der Waals surface area (Å²) in [5, 5.41) is 15.6. The van der Waals surface area contributed by atoms with Gasteiger partial charge >= 0.3 is 0 Å². The van der Waals surface area contributed by atoms with E-state index in [2.05, 4.69) is 10.6 Å². The molecule has 1 rings (SSSR count). The Morgan fingerprint density at radius 3 is 2.72 bits per heavy atom. The van der Waals surface area contributed by atoms with E-state index in [1.54, 1.807) is 32.2 Å². The van der Waals surface area contributed by atoms with Crippen LogP contribution in [0.2, 0.25) is 0 Å². The molecule has 0 aliphatic rings. The second-order valence-corrected chi connectivity index (χ2v) is 4.59. The van der Waals surface area contributed by atoms with Crippen molar-refractivity contribution in [1.29, 1.82) is 0 Å². The van der Waals surface area contributed by atoms with E-state index in [9.17, 15) is 9.90 Å². The van der Waals surface area contributed by atoms with Crippen LogP contribution in [0.5, 0.6) is 0 Å². The third-order valence-corrected chi connectivity index (χ3v) is 2.94. The minimum absolute atomic E-state index is 0.186. The van der Waals surface area contributed by atoms with Crippen LogP contribution in [0.15, 0.2) is 18.2 Å². The van der Waals surface area contributed by atoms with Crippen LogP contribution < -0.4 is 16.4 Å². The number of aliphatic hydroxyl groups is 1. The Morgan fingerprint density at radius 2 is 2.17 bits per heavy atom. The number of anilines is 2. The van der Waals surface area contributed by atoms with Gasteiger partial charge in [-0.1, -0.05) is 6.92 Å². The SMILES string of the molecule is CCC(C)(O)CNc1cc(N)ccc1C(=O)NC. The Morgan fingerprint density at radius 1 is 1.50 bits per heavy atom. The molecule has 18 heavy (non-hydrogen) atoms. The number of rotatable bonds is 5. The summed E-state index contributed by atoms with van der Waals surface area (Å²) in [6.07, 6.45) is 0.623. The maximum atomic E-state index is 11.7. The minimum Gasteiger partial charge on any atom is -0.399 e. The van der Waals surface area contributed by atoms with Crippen molar-refractivity contribution in [3.8, 4) is 0 Å². The van der Waals surface area contributed by atoms with Crippen LogP contribution in [-0.2, 0) is 0 Å². The number of nitrogen functional groups attached to an aromatic ring is 1. The molecule has 0 aliphatic carbocycles. The highest BCUT2D eigenvalue weighted by Gasteiger charge is 2.18. The van der Waals surface area contributed by atoms with Crippen molar-refractivity contribution >= 4 is 17.3 Å². The maximum Gasteiger partial charge on any atom is 0.253 e. The summed E-state index contributed by atoms with van der Waals surface area (Å²) in [6.45, 7) is 4.00. The summed E-state index contributed by atoms with van der Waals surface area (Å²) < 4.78 is 0. The van der Waals surface area contributed by atoms with Crippen molar-refractivity contribution in [3.63, 3.8) is 0 Å². The number of amides is 1. The summed E-state index contributed by atoms with van der Waals surface area (Å²) in [7, 11) is 1.57. The quantitative estimate of drug-likeness (QED) is 0.592. The molecule has 5 nitrogen and oxygen atoms in total. The van der Waals surface area contributed by atoms with Gasteiger partial charge in [-0.15, -0.1) is 0 Å². The largest absolute Gasteiger partial charge is 0.399 e. The van der Waals surface area contributed by atoms with Gasteiger partial charge in [0.1, 0.15) is 0 Å². The fourth-order valence-electron chi connectivity index (χ4n) is 1.45. The predicted octanol–water partition coefficient (Wildman–Crippen LogP) is 1.20. The molecular formula is C13H21N3O2. The third-order valence-electron chi connectivity index (χ3n) is 2.94. The van der Waals surface area contributed by atoms with Gasteiger partial charge in [-0.2, -0.15) is 0 Å². The molecule has 0 saturated heterocycles. The van der Waals surface area contributed by atoms with Crippen LogP contribution in [0.25, 0.3) is 0 Å². The molecule has 0 aromatic heterocycles. The number of carbonyl (C=O) groups excluding carboxylic acids is 1. The van der Waals surface area contributed by atoms with Crippen LogP contribution >= 0.6 is 0 Å². The molecule has 0 saturated carbocycles. The minimum atomic E-state index is -0.815. The van der Waals surface area contributed by atoms with Crippen molar-refractivity contribution in [2.75, 3.05) is 24.6 Å². The first kappa shape index (κ1) is 14.3. The van der Waals surface area contributed by atoms with Crippen molar-refractivity contribution in [2.24, 2.45) is 0 Å². The second-order valence-electron chi connectivity index (χ2n) is 4.59. The Balaban J connectivity index is 2.93. The maximum absolute atomic E-state index is 11.7. The fourth-order valence-corrected chi connectivity index (χ4v) is 1.45. The van der Waals surface area contributed by atoms with Gasteiger partial charge in [-0.3, -0.25) is 4.79 Å². The molecule has 1 aromatic carbocycles. The highest BCUT2D eigenvalue weighted by molar-refractivity contribution is 6.00. The number of nitrogens with two attached hydrogens (primary N) is 1. The molecule has 0 radical (unpaired) electrons. The average molecular weight is 251 g/mol. The van der Waals surface area contributed by atoms with Crippen molar-refractivity contribution in [1.82, 2.24) is 5.32 Å². The van der Waals surface area contributed by atoms with Crippen LogP contribution in [0.4, 0.5) is 11.4 Å². The van der Waals surface area contributed by atoms with Crippen LogP contribution in [0, 0.1) is 0 Å². The van der Waals surface area contributed by atoms with E-state index in [0.29, 0.717) is 29.9 Å². The lowest BCUT2D eigenvalue weighted by atomic mass is 10.0. The van der Waals surface area contributed by atoms with Gasteiger partial charge in [-0.25, -0.2) is 0 Å². The van der Waals surface area contributed by atoms with Gasteiger partial charge in [0.15, 0.2) is 0 Å². The zero-order valence-corrected chi connectivity index (χ0v) is 11.1. The van der Waals surface area contributed by atoms with Gasteiger partial charge in [0.25, 0.3) is 5.91 Å². The van der Waals surface area contributed by atoms with E-state index in [4.69, 9.17) is 5.73 Å². The smallest absolute Gasteiger partial charge is 0.253 e. The summed E-state index contributed by atoms with van der Waals surface area (Å²) >= 11 is 0. The molecule has 0 fully saturated rings. The summed E-state index contributed by atoms with van der Waals surface area (Å²) in [5.74, 6) is -0.186. The first-order chi connectivity index (χ1) is 8.39. The topological polar surface area (TPSA) is 87.4 Å². The summed E-state index contributed by atoms with van der Waals surface area (Å²) in [4.78, 5) is 11.7. The van der Waals surface area contributed by atoms with E-state index < -0.39 is 5.60 Å². The standard InChI is InChI=1S/C13H21N3O2/c1-4-13(2,18)8-16-11-7-9(14)5-6-10(11)12(17)15-3/h5-7,16,18H,4,8,14H2,1-3H3,(H,15,17). The van der Waals surface area contributed by atoms with Crippen molar-refractivity contribution in [3.05, 3.63) is 23.8 Å². The Hall–Kier alpha value is -1.75. The van der Waals surface area contributed by atoms with Gasteiger partial charge in [0.2, 0.25) is 0 Å². The Labute approximate surface area is 107 Å². The molecule has 1 aromatic rings. The van der Waals surface area contributed by atoms with Crippen molar-refractivity contribution in [2.45, 2.75) is 25.9 Å². The van der Waals surface area contributed by atoms with Gasteiger partial charge in [-0.05, 0) is 31.5 Å².